The fourth-order valence-electron chi connectivity index (χ4n) is 1.78. The van der Waals surface area contributed by atoms with E-state index in [0.717, 1.165) is 12.0 Å². The van der Waals surface area contributed by atoms with Crippen LogP contribution >= 0.6 is 0 Å². The van der Waals surface area contributed by atoms with Gasteiger partial charge in [0.1, 0.15) is 0 Å². The lowest BCUT2D eigenvalue weighted by atomic mass is 9.97. The minimum atomic E-state index is -0.342. The van der Waals surface area contributed by atoms with E-state index in [1.54, 1.807) is 0 Å². The van der Waals surface area contributed by atoms with Gasteiger partial charge in [0, 0.05) is 5.41 Å². The van der Waals surface area contributed by atoms with Crippen LogP contribution in [0.5, 0.6) is 0 Å². The zero-order valence-corrected chi connectivity index (χ0v) is 12.0. The van der Waals surface area contributed by atoms with Crippen LogP contribution in [0.2, 0.25) is 0 Å². The van der Waals surface area contributed by atoms with E-state index in [9.17, 15) is 0 Å². The maximum absolute atomic E-state index is 6.18. The van der Waals surface area contributed by atoms with Gasteiger partial charge < -0.3 is 10.3 Å². The molecule has 4 heteroatoms. The SMILES string of the molecule is CCc1ccc(C(N)c2noc(C(C)(C)C)n2)cc1. The summed E-state index contributed by atoms with van der Waals surface area (Å²) >= 11 is 0. The Labute approximate surface area is 114 Å². The van der Waals surface area contributed by atoms with Crippen LogP contribution in [0, 0.1) is 0 Å². The Hall–Kier alpha value is -1.68. The molecule has 4 nitrogen and oxygen atoms in total. The van der Waals surface area contributed by atoms with Gasteiger partial charge in [-0.25, -0.2) is 0 Å². The van der Waals surface area contributed by atoms with E-state index in [1.165, 1.54) is 5.56 Å². The molecule has 19 heavy (non-hydrogen) atoms. The third-order valence-electron chi connectivity index (χ3n) is 3.11. The molecular weight excluding hydrogens is 238 g/mol. The summed E-state index contributed by atoms with van der Waals surface area (Å²) in [5, 5.41) is 3.99. The standard InChI is InChI=1S/C15H21N3O/c1-5-10-6-8-11(9-7-10)12(16)13-17-14(19-18-13)15(2,3)4/h6-9,12H,5,16H2,1-4H3. The predicted molar refractivity (Wildman–Crippen MR) is 74.8 cm³/mol. The van der Waals surface area contributed by atoms with Gasteiger partial charge in [-0.2, -0.15) is 4.98 Å². The Kier molecular flexibility index (Phi) is 3.71. The van der Waals surface area contributed by atoms with E-state index in [1.807, 2.05) is 32.9 Å². The van der Waals surface area contributed by atoms with E-state index in [0.29, 0.717) is 11.7 Å². The second-order valence-corrected chi connectivity index (χ2v) is 5.78. The highest BCUT2D eigenvalue weighted by molar-refractivity contribution is 5.28. The lowest BCUT2D eigenvalue weighted by Crippen LogP contribution is -2.15. The molecule has 0 bridgehead atoms. The van der Waals surface area contributed by atoms with Gasteiger partial charge >= 0.3 is 0 Å². The molecule has 1 aromatic carbocycles. The van der Waals surface area contributed by atoms with Gasteiger partial charge in [-0.1, -0.05) is 57.1 Å². The molecule has 102 valence electrons. The van der Waals surface area contributed by atoms with Crippen LogP contribution < -0.4 is 5.73 Å². The van der Waals surface area contributed by atoms with Crippen LogP contribution in [-0.2, 0) is 11.8 Å². The van der Waals surface area contributed by atoms with Crippen molar-refractivity contribution in [2.75, 3.05) is 0 Å². The Bertz CT molecular complexity index is 537. The topological polar surface area (TPSA) is 64.9 Å². The van der Waals surface area contributed by atoms with Gasteiger partial charge in [-0.15, -0.1) is 0 Å². The smallest absolute Gasteiger partial charge is 0.232 e. The van der Waals surface area contributed by atoms with Gasteiger partial charge in [0.15, 0.2) is 5.82 Å². The summed E-state index contributed by atoms with van der Waals surface area (Å²) in [5.41, 5.74) is 8.31. The summed E-state index contributed by atoms with van der Waals surface area (Å²) in [6, 6.07) is 7.87. The van der Waals surface area contributed by atoms with Crippen LogP contribution in [0.1, 0.15) is 56.6 Å². The summed E-state index contributed by atoms with van der Waals surface area (Å²) in [5.74, 6) is 1.15. The Morgan fingerprint density at radius 1 is 1.21 bits per heavy atom. The molecule has 1 unspecified atom stereocenters. The largest absolute Gasteiger partial charge is 0.339 e. The molecule has 0 fully saturated rings. The van der Waals surface area contributed by atoms with Crippen molar-refractivity contribution in [2.45, 2.75) is 45.6 Å². The summed E-state index contributed by atoms with van der Waals surface area (Å²) in [6.07, 6.45) is 1.02. The van der Waals surface area contributed by atoms with Crippen molar-refractivity contribution in [1.82, 2.24) is 10.1 Å². The minimum Gasteiger partial charge on any atom is -0.339 e. The first kappa shape index (κ1) is 13.7. The monoisotopic (exact) mass is 259 g/mol. The van der Waals surface area contributed by atoms with Crippen molar-refractivity contribution >= 4 is 0 Å². The Morgan fingerprint density at radius 3 is 2.32 bits per heavy atom. The Balaban J connectivity index is 2.23. The number of rotatable bonds is 3. The highest BCUT2D eigenvalue weighted by atomic mass is 16.5. The molecule has 0 aliphatic rings. The van der Waals surface area contributed by atoms with Crippen LogP contribution in [0.25, 0.3) is 0 Å². The molecule has 0 saturated heterocycles. The van der Waals surface area contributed by atoms with Gasteiger partial charge in [0.25, 0.3) is 0 Å². The zero-order valence-electron chi connectivity index (χ0n) is 12.0. The van der Waals surface area contributed by atoms with Gasteiger partial charge in [0.2, 0.25) is 5.89 Å². The average molecular weight is 259 g/mol. The van der Waals surface area contributed by atoms with Gasteiger partial charge in [-0.05, 0) is 17.5 Å². The third kappa shape index (κ3) is 3.01. The quantitative estimate of drug-likeness (QED) is 0.920. The lowest BCUT2D eigenvalue weighted by molar-refractivity contribution is 0.317. The normalized spacial score (nSPS) is 13.5. The fraction of sp³-hybridized carbons (Fsp3) is 0.467. The van der Waals surface area contributed by atoms with Crippen LogP contribution in [0.15, 0.2) is 28.8 Å². The highest BCUT2D eigenvalue weighted by Crippen LogP contribution is 2.23. The first-order valence-corrected chi connectivity index (χ1v) is 6.60. The van der Waals surface area contributed by atoms with Crippen LogP contribution in [-0.4, -0.2) is 10.1 Å². The molecule has 2 aromatic rings. The van der Waals surface area contributed by atoms with Crippen molar-refractivity contribution in [3.8, 4) is 0 Å². The maximum Gasteiger partial charge on any atom is 0.232 e. The van der Waals surface area contributed by atoms with Crippen molar-refractivity contribution < 1.29 is 4.52 Å². The molecule has 0 radical (unpaired) electrons. The maximum atomic E-state index is 6.18. The summed E-state index contributed by atoms with van der Waals surface area (Å²) in [7, 11) is 0. The highest BCUT2D eigenvalue weighted by Gasteiger charge is 2.24. The van der Waals surface area contributed by atoms with E-state index in [2.05, 4.69) is 29.2 Å². The Morgan fingerprint density at radius 2 is 1.84 bits per heavy atom. The first-order valence-electron chi connectivity index (χ1n) is 6.60. The van der Waals surface area contributed by atoms with Crippen molar-refractivity contribution in [3.05, 3.63) is 47.1 Å². The molecule has 0 aliphatic heterocycles. The number of aryl methyl sites for hydroxylation is 1. The lowest BCUT2D eigenvalue weighted by Gasteiger charge is -2.11. The molecule has 0 aliphatic carbocycles. The number of benzene rings is 1. The molecule has 0 spiro atoms. The number of hydrogen-bond donors (Lipinski definition) is 1. The van der Waals surface area contributed by atoms with Crippen LogP contribution in [0.4, 0.5) is 0 Å². The number of nitrogens with two attached hydrogens (primary N) is 1. The zero-order chi connectivity index (χ0) is 14.0. The van der Waals surface area contributed by atoms with Crippen LogP contribution in [0.3, 0.4) is 0 Å². The molecular formula is C15H21N3O. The summed E-state index contributed by atoms with van der Waals surface area (Å²) < 4.78 is 5.28. The van der Waals surface area contributed by atoms with Crippen molar-refractivity contribution in [3.63, 3.8) is 0 Å². The van der Waals surface area contributed by atoms with Gasteiger partial charge in [-0.3, -0.25) is 0 Å². The molecule has 0 amide bonds. The fourth-order valence-corrected chi connectivity index (χ4v) is 1.78. The molecule has 2 N–H and O–H groups in total. The number of nitrogens with zero attached hydrogens (tertiary/aromatic N) is 2. The molecule has 1 aromatic heterocycles. The summed E-state index contributed by atoms with van der Waals surface area (Å²) in [6.45, 7) is 8.23. The molecule has 1 heterocycles. The van der Waals surface area contributed by atoms with Gasteiger partial charge in [0.05, 0.1) is 6.04 Å². The number of aromatic nitrogens is 2. The van der Waals surface area contributed by atoms with Crippen molar-refractivity contribution in [1.29, 1.82) is 0 Å². The molecule has 1 atom stereocenters. The average Bonchev–Trinajstić information content (AvgIpc) is 2.87. The van der Waals surface area contributed by atoms with E-state index < -0.39 is 0 Å². The third-order valence-corrected chi connectivity index (χ3v) is 3.11. The molecule has 0 saturated carbocycles. The van der Waals surface area contributed by atoms with E-state index in [-0.39, 0.29) is 11.5 Å². The second-order valence-electron chi connectivity index (χ2n) is 5.78. The predicted octanol–water partition coefficient (Wildman–Crippen LogP) is 2.98. The van der Waals surface area contributed by atoms with E-state index in [4.69, 9.17) is 10.3 Å². The van der Waals surface area contributed by atoms with Crippen molar-refractivity contribution in [2.24, 2.45) is 5.73 Å². The van der Waals surface area contributed by atoms with E-state index >= 15 is 0 Å². The molecule has 2 rings (SSSR count). The first-order chi connectivity index (χ1) is 8.91. The number of hydrogen-bond acceptors (Lipinski definition) is 4. The second kappa shape index (κ2) is 5.13. The summed E-state index contributed by atoms with van der Waals surface area (Å²) in [4.78, 5) is 4.40. The minimum absolute atomic E-state index is 0.156.